The average Bonchev–Trinajstić information content (AvgIpc) is 3.19. The first kappa shape index (κ1) is 21.3. The second-order valence-electron chi connectivity index (χ2n) is 6.76. The minimum Gasteiger partial charge on any atom is -0.405 e. The topological polar surface area (TPSA) is 114 Å². The summed E-state index contributed by atoms with van der Waals surface area (Å²) in [5.74, 6) is -3.27. The van der Waals surface area contributed by atoms with Crippen LogP contribution in [-0.2, 0) is 11.2 Å². The summed E-state index contributed by atoms with van der Waals surface area (Å²) in [5, 5.41) is 6.68. The van der Waals surface area contributed by atoms with Crippen LogP contribution in [0.5, 0.6) is 0 Å². The summed E-state index contributed by atoms with van der Waals surface area (Å²) in [7, 11) is 0. The highest BCUT2D eigenvalue weighted by molar-refractivity contribution is 5.94. The van der Waals surface area contributed by atoms with Crippen LogP contribution >= 0.6 is 0 Å². The van der Waals surface area contributed by atoms with E-state index < -0.39 is 29.5 Å². The molecule has 30 heavy (non-hydrogen) atoms. The fourth-order valence-corrected chi connectivity index (χ4v) is 3.41. The second-order valence-corrected chi connectivity index (χ2v) is 6.76. The number of hydrogen-bond acceptors (Lipinski definition) is 5. The molecule has 1 atom stereocenters. The molecule has 2 heterocycles. The number of alkyl halides is 2. The molecule has 11 heteroatoms. The van der Waals surface area contributed by atoms with Gasteiger partial charge in [0.25, 0.3) is 12.4 Å². The molecule has 1 aliphatic rings. The summed E-state index contributed by atoms with van der Waals surface area (Å²) in [6.07, 6.45) is 1.88. The Kier molecular flexibility index (Phi) is 6.38. The van der Waals surface area contributed by atoms with Gasteiger partial charge < -0.3 is 11.5 Å². The molecule has 1 saturated heterocycles. The quantitative estimate of drug-likeness (QED) is 0.487. The number of benzene rings is 1. The SMILES string of the molecule is N/C=C\C(=C/N)c1nc(N2CCCC(Cc3cc(F)c(F)cc3C(F)F)C2=O)n[nH]1. The number of piperidine rings is 1. The van der Waals surface area contributed by atoms with Crippen molar-refractivity contribution in [3.8, 4) is 0 Å². The highest BCUT2D eigenvalue weighted by Crippen LogP contribution is 2.31. The van der Waals surface area contributed by atoms with Gasteiger partial charge in [0.05, 0.1) is 0 Å². The number of nitrogens with one attached hydrogen (secondary N) is 1. The first-order valence-electron chi connectivity index (χ1n) is 9.16. The fourth-order valence-electron chi connectivity index (χ4n) is 3.41. The van der Waals surface area contributed by atoms with E-state index in [0.717, 1.165) is 6.07 Å². The van der Waals surface area contributed by atoms with Crippen molar-refractivity contribution in [2.24, 2.45) is 17.4 Å². The van der Waals surface area contributed by atoms with Crippen molar-refractivity contribution in [1.82, 2.24) is 15.2 Å². The summed E-state index contributed by atoms with van der Waals surface area (Å²) in [6, 6.07) is 1.21. The molecule has 1 aromatic carbocycles. The zero-order valence-corrected chi connectivity index (χ0v) is 15.8. The van der Waals surface area contributed by atoms with Crippen molar-refractivity contribution < 1.29 is 22.4 Å². The largest absolute Gasteiger partial charge is 0.405 e. The van der Waals surface area contributed by atoms with Gasteiger partial charge in [-0.05, 0) is 49.2 Å². The number of halogens is 4. The molecule has 0 aliphatic carbocycles. The van der Waals surface area contributed by atoms with E-state index in [-0.39, 0.29) is 23.8 Å². The zero-order chi connectivity index (χ0) is 21.8. The number of nitrogens with two attached hydrogens (primary N) is 2. The lowest BCUT2D eigenvalue weighted by Gasteiger charge is -2.30. The number of hydrogen-bond donors (Lipinski definition) is 3. The van der Waals surface area contributed by atoms with Gasteiger partial charge in [-0.3, -0.25) is 14.8 Å². The minimum absolute atomic E-state index is 0.0961. The average molecular weight is 424 g/mol. The minimum atomic E-state index is -2.99. The Hall–Kier alpha value is -3.37. The Morgan fingerprint density at radius 2 is 2.03 bits per heavy atom. The van der Waals surface area contributed by atoms with Gasteiger partial charge in [0.1, 0.15) is 0 Å². The Morgan fingerprint density at radius 3 is 2.70 bits per heavy atom. The number of aromatic amines is 1. The van der Waals surface area contributed by atoms with Crippen molar-refractivity contribution in [3.05, 3.63) is 59.2 Å². The monoisotopic (exact) mass is 424 g/mol. The number of aromatic nitrogens is 3. The third-order valence-electron chi connectivity index (χ3n) is 4.88. The van der Waals surface area contributed by atoms with Crippen LogP contribution in [-0.4, -0.2) is 27.6 Å². The summed E-state index contributed by atoms with van der Waals surface area (Å²) in [6.45, 7) is 0.334. The van der Waals surface area contributed by atoms with E-state index in [1.165, 1.54) is 23.4 Å². The lowest BCUT2D eigenvalue weighted by atomic mass is 9.88. The van der Waals surface area contributed by atoms with Gasteiger partial charge in [-0.2, -0.15) is 4.98 Å². The van der Waals surface area contributed by atoms with Crippen LogP contribution < -0.4 is 16.4 Å². The maximum atomic E-state index is 13.6. The smallest absolute Gasteiger partial charge is 0.264 e. The Bertz CT molecular complexity index is 987. The van der Waals surface area contributed by atoms with Crippen molar-refractivity contribution in [1.29, 1.82) is 0 Å². The first-order chi connectivity index (χ1) is 14.3. The predicted molar refractivity (Wildman–Crippen MR) is 102 cm³/mol. The lowest BCUT2D eigenvalue weighted by Crippen LogP contribution is -2.42. The maximum absolute atomic E-state index is 13.6. The van der Waals surface area contributed by atoms with Gasteiger partial charge in [-0.25, -0.2) is 17.6 Å². The van der Waals surface area contributed by atoms with Crippen molar-refractivity contribution in [3.63, 3.8) is 0 Å². The molecule has 0 bridgehead atoms. The number of carbonyl (C=O) groups is 1. The normalized spacial score (nSPS) is 18.0. The van der Waals surface area contributed by atoms with E-state index in [9.17, 15) is 22.4 Å². The molecule has 2 aromatic rings. The molecule has 1 amide bonds. The highest BCUT2D eigenvalue weighted by Gasteiger charge is 2.33. The molecular formula is C19H20F4N6O. The van der Waals surface area contributed by atoms with E-state index in [4.69, 9.17) is 11.5 Å². The third-order valence-corrected chi connectivity index (χ3v) is 4.88. The van der Waals surface area contributed by atoms with Gasteiger partial charge in [-0.15, -0.1) is 5.10 Å². The fraction of sp³-hybridized carbons (Fsp3) is 0.316. The summed E-state index contributed by atoms with van der Waals surface area (Å²) < 4.78 is 53.5. The molecule has 0 saturated carbocycles. The number of carbonyl (C=O) groups excluding carboxylic acids is 1. The molecule has 160 valence electrons. The summed E-state index contributed by atoms with van der Waals surface area (Å²) >= 11 is 0. The van der Waals surface area contributed by atoms with Crippen LogP contribution in [0.25, 0.3) is 5.57 Å². The molecule has 1 unspecified atom stereocenters. The van der Waals surface area contributed by atoms with E-state index >= 15 is 0 Å². The molecule has 0 radical (unpaired) electrons. The Labute approximate surface area is 169 Å². The number of amides is 1. The number of nitrogens with zero attached hydrogens (tertiary/aromatic N) is 3. The van der Waals surface area contributed by atoms with Crippen molar-refractivity contribution in [2.45, 2.75) is 25.7 Å². The molecule has 1 aliphatic heterocycles. The number of H-pyrrole nitrogens is 1. The molecule has 1 fully saturated rings. The Morgan fingerprint density at radius 1 is 1.30 bits per heavy atom. The van der Waals surface area contributed by atoms with Crippen LogP contribution in [0.15, 0.2) is 30.6 Å². The molecule has 5 N–H and O–H groups in total. The van der Waals surface area contributed by atoms with Crippen LogP contribution in [0.3, 0.4) is 0 Å². The Balaban J connectivity index is 1.83. The second kappa shape index (κ2) is 8.97. The van der Waals surface area contributed by atoms with Gasteiger partial charge >= 0.3 is 0 Å². The zero-order valence-electron chi connectivity index (χ0n) is 15.8. The van der Waals surface area contributed by atoms with Gasteiger partial charge in [-0.1, -0.05) is 0 Å². The maximum Gasteiger partial charge on any atom is 0.264 e. The number of rotatable bonds is 6. The van der Waals surface area contributed by atoms with E-state index in [1.54, 1.807) is 0 Å². The molecule has 0 spiro atoms. The first-order valence-corrected chi connectivity index (χ1v) is 9.16. The number of anilines is 1. The molecule has 1 aromatic heterocycles. The molecule has 3 rings (SSSR count). The molecular weight excluding hydrogens is 404 g/mol. The van der Waals surface area contributed by atoms with Crippen LogP contribution in [0.1, 0.15) is 36.2 Å². The molecule has 7 nitrogen and oxygen atoms in total. The standard InChI is InChI=1S/C19H20F4N6O/c20-14-7-12(13(16(22)23)8-15(14)21)6-10-2-1-5-29(18(10)30)19-26-17(27-28-19)11(9-25)3-4-24/h3-4,7-10,16H,1-2,5-6,24-25H2,(H,26,27,28)/b4-3-,11-9+. The van der Waals surface area contributed by atoms with E-state index in [1.807, 2.05) is 0 Å². The van der Waals surface area contributed by atoms with Crippen molar-refractivity contribution in [2.75, 3.05) is 11.4 Å². The lowest BCUT2D eigenvalue weighted by molar-refractivity contribution is -0.123. The third kappa shape index (κ3) is 4.29. The van der Waals surface area contributed by atoms with E-state index in [0.29, 0.717) is 36.9 Å². The van der Waals surface area contributed by atoms with Gasteiger partial charge in [0.15, 0.2) is 17.5 Å². The van der Waals surface area contributed by atoms with Crippen LogP contribution in [0.2, 0.25) is 0 Å². The van der Waals surface area contributed by atoms with Crippen LogP contribution in [0, 0.1) is 17.6 Å². The van der Waals surface area contributed by atoms with Crippen molar-refractivity contribution >= 4 is 17.4 Å². The summed E-state index contributed by atoms with van der Waals surface area (Å²) in [5.41, 5.74) is 10.6. The van der Waals surface area contributed by atoms with Gasteiger partial charge in [0.2, 0.25) is 5.91 Å². The van der Waals surface area contributed by atoms with Crippen LogP contribution in [0.4, 0.5) is 23.5 Å². The highest BCUT2D eigenvalue weighted by atomic mass is 19.3. The number of allylic oxidation sites excluding steroid dienone is 2. The summed E-state index contributed by atoms with van der Waals surface area (Å²) in [4.78, 5) is 18.5. The predicted octanol–water partition coefficient (Wildman–Crippen LogP) is 2.78. The van der Waals surface area contributed by atoms with Gasteiger partial charge in [0, 0.05) is 29.8 Å². The van der Waals surface area contributed by atoms with E-state index in [2.05, 4.69) is 15.2 Å².